The summed E-state index contributed by atoms with van der Waals surface area (Å²) in [5.41, 5.74) is 1.16. The van der Waals surface area contributed by atoms with Crippen molar-refractivity contribution in [2.45, 2.75) is 25.8 Å². The zero-order chi connectivity index (χ0) is 13.7. The van der Waals surface area contributed by atoms with Crippen molar-refractivity contribution in [3.8, 4) is 0 Å². The van der Waals surface area contributed by atoms with Gasteiger partial charge in [-0.3, -0.25) is 4.98 Å². The highest BCUT2D eigenvalue weighted by atomic mass is 32.2. The Bertz CT molecular complexity index is 490. The number of hydrogen-bond acceptors (Lipinski definition) is 4. The van der Waals surface area contributed by atoms with Gasteiger partial charge >= 0.3 is 0 Å². The van der Waals surface area contributed by atoms with Crippen molar-refractivity contribution in [3.63, 3.8) is 0 Å². The molecule has 5 nitrogen and oxygen atoms in total. The van der Waals surface area contributed by atoms with E-state index in [1.165, 1.54) is 0 Å². The van der Waals surface area contributed by atoms with Crippen molar-refractivity contribution in [2.24, 2.45) is 5.92 Å². The molecule has 0 aromatic carbocycles. The van der Waals surface area contributed by atoms with Crippen LogP contribution in [0.4, 0.5) is 0 Å². The Morgan fingerprint density at radius 2 is 2.11 bits per heavy atom. The second-order valence-corrected chi connectivity index (χ2v) is 6.77. The number of sulfonamides is 1. The van der Waals surface area contributed by atoms with Crippen LogP contribution in [-0.2, 0) is 21.2 Å². The molecular weight excluding hydrogens is 264 g/mol. The lowest BCUT2D eigenvalue weighted by molar-refractivity contribution is 0.183. The highest BCUT2D eigenvalue weighted by Crippen LogP contribution is 2.19. The summed E-state index contributed by atoms with van der Waals surface area (Å²) < 4.78 is 31.8. The van der Waals surface area contributed by atoms with Crippen LogP contribution in [0.2, 0.25) is 0 Å². The quantitative estimate of drug-likeness (QED) is 0.845. The molecule has 2 heterocycles. The molecule has 0 radical (unpaired) electrons. The van der Waals surface area contributed by atoms with Crippen molar-refractivity contribution in [3.05, 3.63) is 30.1 Å². The van der Waals surface area contributed by atoms with Crippen LogP contribution < -0.4 is 4.72 Å². The third kappa shape index (κ3) is 4.26. The van der Waals surface area contributed by atoms with Gasteiger partial charge in [-0.25, -0.2) is 13.1 Å². The molecule has 1 aromatic heterocycles. The molecule has 0 amide bonds. The minimum absolute atomic E-state index is 0.121. The van der Waals surface area contributed by atoms with Crippen molar-refractivity contribution in [1.29, 1.82) is 0 Å². The fraction of sp³-hybridized carbons (Fsp3) is 0.615. The predicted molar refractivity (Wildman–Crippen MR) is 73.3 cm³/mol. The van der Waals surface area contributed by atoms with Gasteiger partial charge in [-0.05, 0) is 30.5 Å². The predicted octanol–water partition coefficient (Wildman–Crippen LogP) is 0.968. The second kappa shape index (κ2) is 6.45. The Labute approximate surface area is 114 Å². The van der Waals surface area contributed by atoms with E-state index in [2.05, 4.69) is 9.71 Å². The van der Waals surface area contributed by atoms with Gasteiger partial charge in [-0.1, -0.05) is 6.92 Å². The SMILES string of the molecule is CCCS(=O)(=O)N[C@@H]1COC[C@H]1Cc1ccncc1. The van der Waals surface area contributed by atoms with Crippen molar-refractivity contribution >= 4 is 10.0 Å². The minimum Gasteiger partial charge on any atom is -0.379 e. The third-order valence-corrected chi connectivity index (χ3v) is 4.86. The van der Waals surface area contributed by atoms with E-state index in [1.807, 2.05) is 19.1 Å². The molecule has 106 valence electrons. The number of nitrogens with one attached hydrogen (secondary N) is 1. The lowest BCUT2D eigenvalue weighted by atomic mass is 9.96. The average Bonchev–Trinajstić information content (AvgIpc) is 2.77. The van der Waals surface area contributed by atoms with Crippen LogP contribution in [0.3, 0.4) is 0 Å². The van der Waals surface area contributed by atoms with Gasteiger partial charge in [0.1, 0.15) is 0 Å². The van der Waals surface area contributed by atoms with E-state index in [0.717, 1.165) is 12.0 Å². The summed E-state index contributed by atoms with van der Waals surface area (Å²) in [6, 6.07) is 3.79. The molecule has 6 heteroatoms. The fourth-order valence-corrected chi connectivity index (χ4v) is 3.69. The Balaban J connectivity index is 1.97. The highest BCUT2D eigenvalue weighted by molar-refractivity contribution is 7.89. The van der Waals surface area contributed by atoms with Crippen LogP contribution in [0.25, 0.3) is 0 Å². The normalized spacial score (nSPS) is 23.6. The second-order valence-electron chi connectivity index (χ2n) is 4.90. The van der Waals surface area contributed by atoms with Gasteiger partial charge in [0.15, 0.2) is 0 Å². The molecule has 0 unspecified atom stereocenters. The Kier molecular flexibility index (Phi) is 4.90. The summed E-state index contributed by atoms with van der Waals surface area (Å²) in [5.74, 6) is 0.361. The lowest BCUT2D eigenvalue weighted by Crippen LogP contribution is -2.41. The Hall–Kier alpha value is -0.980. The number of aromatic nitrogens is 1. The molecule has 0 aliphatic carbocycles. The largest absolute Gasteiger partial charge is 0.379 e. The van der Waals surface area contributed by atoms with Gasteiger partial charge in [-0.15, -0.1) is 0 Å². The van der Waals surface area contributed by atoms with Gasteiger partial charge in [-0.2, -0.15) is 0 Å². The smallest absolute Gasteiger partial charge is 0.211 e. The molecule has 1 saturated heterocycles. The summed E-state index contributed by atoms with van der Waals surface area (Å²) in [6.07, 6.45) is 4.93. The first-order valence-electron chi connectivity index (χ1n) is 6.57. The molecule has 0 spiro atoms. The molecule has 1 N–H and O–H groups in total. The summed E-state index contributed by atoms with van der Waals surface area (Å²) in [6.45, 7) is 2.92. The molecule has 2 atom stereocenters. The van der Waals surface area contributed by atoms with Gasteiger partial charge in [0, 0.05) is 18.3 Å². The number of rotatable bonds is 6. The van der Waals surface area contributed by atoms with Crippen molar-refractivity contribution < 1.29 is 13.2 Å². The third-order valence-electron chi connectivity index (χ3n) is 3.25. The molecular formula is C13H20N2O3S. The topological polar surface area (TPSA) is 68.3 Å². The highest BCUT2D eigenvalue weighted by Gasteiger charge is 2.31. The summed E-state index contributed by atoms with van der Waals surface area (Å²) in [4.78, 5) is 3.98. The maximum atomic E-state index is 11.8. The molecule has 0 bridgehead atoms. The van der Waals surface area contributed by atoms with E-state index < -0.39 is 10.0 Å². The first-order chi connectivity index (χ1) is 9.11. The van der Waals surface area contributed by atoms with E-state index in [-0.39, 0.29) is 17.7 Å². The van der Waals surface area contributed by atoms with Gasteiger partial charge in [0.25, 0.3) is 0 Å². The number of nitrogens with zero attached hydrogens (tertiary/aromatic N) is 1. The first kappa shape index (κ1) is 14.4. The van der Waals surface area contributed by atoms with E-state index in [1.54, 1.807) is 12.4 Å². The molecule has 0 saturated carbocycles. The number of pyridine rings is 1. The van der Waals surface area contributed by atoms with E-state index in [0.29, 0.717) is 19.6 Å². The van der Waals surface area contributed by atoms with Crippen LogP contribution in [0.5, 0.6) is 0 Å². The standard InChI is InChI=1S/C13H20N2O3S/c1-2-7-19(16,17)15-13-10-18-9-12(13)8-11-3-5-14-6-4-11/h3-6,12-13,15H,2,7-10H2,1H3/t12-,13-/m1/s1. The molecule has 2 rings (SSSR count). The van der Waals surface area contributed by atoms with E-state index >= 15 is 0 Å². The number of hydrogen-bond donors (Lipinski definition) is 1. The molecule has 1 aliphatic rings. The maximum Gasteiger partial charge on any atom is 0.211 e. The molecule has 1 aliphatic heterocycles. The Morgan fingerprint density at radius 1 is 1.37 bits per heavy atom. The fourth-order valence-electron chi connectivity index (χ4n) is 2.31. The summed E-state index contributed by atoms with van der Waals surface area (Å²) in [7, 11) is -3.18. The van der Waals surface area contributed by atoms with Crippen LogP contribution in [0, 0.1) is 5.92 Å². The van der Waals surface area contributed by atoms with Crippen molar-refractivity contribution in [2.75, 3.05) is 19.0 Å². The Morgan fingerprint density at radius 3 is 2.79 bits per heavy atom. The molecule has 1 aromatic rings. The van der Waals surface area contributed by atoms with Crippen LogP contribution in [0.1, 0.15) is 18.9 Å². The number of ether oxygens (including phenoxy) is 1. The summed E-state index contributed by atoms with van der Waals surface area (Å²) >= 11 is 0. The van der Waals surface area contributed by atoms with Gasteiger partial charge in [0.05, 0.1) is 25.0 Å². The molecule has 19 heavy (non-hydrogen) atoms. The van der Waals surface area contributed by atoms with Crippen molar-refractivity contribution in [1.82, 2.24) is 9.71 Å². The van der Waals surface area contributed by atoms with E-state index in [4.69, 9.17) is 4.74 Å². The van der Waals surface area contributed by atoms with Crippen LogP contribution in [-0.4, -0.2) is 38.4 Å². The lowest BCUT2D eigenvalue weighted by Gasteiger charge is -2.18. The van der Waals surface area contributed by atoms with Gasteiger partial charge < -0.3 is 4.74 Å². The first-order valence-corrected chi connectivity index (χ1v) is 8.22. The maximum absolute atomic E-state index is 11.8. The monoisotopic (exact) mass is 284 g/mol. The average molecular weight is 284 g/mol. The minimum atomic E-state index is -3.18. The van der Waals surface area contributed by atoms with Crippen LogP contribution >= 0.6 is 0 Å². The zero-order valence-electron chi connectivity index (χ0n) is 11.1. The van der Waals surface area contributed by atoms with Crippen LogP contribution in [0.15, 0.2) is 24.5 Å². The molecule has 1 fully saturated rings. The zero-order valence-corrected chi connectivity index (χ0v) is 11.9. The van der Waals surface area contributed by atoms with Gasteiger partial charge in [0.2, 0.25) is 10.0 Å². The van der Waals surface area contributed by atoms with E-state index in [9.17, 15) is 8.42 Å². The summed E-state index contributed by atoms with van der Waals surface area (Å²) in [5, 5.41) is 0.